The average Bonchev–Trinajstić information content (AvgIpc) is 2.38. The Morgan fingerprint density at radius 3 is 2.38 bits per heavy atom. The molecule has 0 unspecified atom stereocenters. The monoisotopic (exact) mass is 209 g/mol. The summed E-state index contributed by atoms with van der Waals surface area (Å²) in [5, 5.41) is 3.61. The second-order valence-corrected chi connectivity index (χ2v) is 3.41. The summed E-state index contributed by atoms with van der Waals surface area (Å²) in [7, 11) is 0. The van der Waals surface area contributed by atoms with Gasteiger partial charge in [0.1, 0.15) is 0 Å². The van der Waals surface area contributed by atoms with Gasteiger partial charge < -0.3 is 0 Å². The molecule has 16 heavy (non-hydrogen) atoms. The van der Waals surface area contributed by atoms with Gasteiger partial charge in [-0.25, -0.2) is 0 Å². The number of benzene rings is 2. The van der Waals surface area contributed by atoms with E-state index in [2.05, 4.69) is 22.2 Å². The van der Waals surface area contributed by atoms with Gasteiger partial charge in [-0.15, -0.1) is 0 Å². The number of hydrogen-bond acceptors (Lipinski definition) is 1. The first-order valence-corrected chi connectivity index (χ1v) is 5.06. The first-order valence-electron chi connectivity index (χ1n) is 5.06. The van der Waals surface area contributed by atoms with Crippen molar-refractivity contribution in [3.63, 3.8) is 0 Å². The lowest BCUT2D eigenvalue weighted by molar-refractivity contribution is 1.05. The summed E-state index contributed by atoms with van der Waals surface area (Å²) >= 11 is 0. The Morgan fingerprint density at radius 1 is 0.938 bits per heavy atom. The average molecular weight is 209 g/mol. The molecule has 78 valence electrons. The van der Waals surface area contributed by atoms with Crippen LogP contribution in [0.5, 0.6) is 0 Å². The molecule has 2 aromatic rings. The van der Waals surface area contributed by atoms with Crippen molar-refractivity contribution in [1.82, 2.24) is 0 Å². The first kappa shape index (κ1) is 10.3. The van der Waals surface area contributed by atoms with Crippen molar-refractivity contribution in [2.24, 2.45) is 5.11 Å². The molecule has 2 rings (SSSR count). The molecule has 0 aliphatic heterocycles. The summed E-state index contributed by atoms with van der Waals surface area (Å²) in [6, 6.07) is 18.0. The fourth-order valence-corrected chi connectivity index (χ4v) is 1.67. The third-order valence-electron chi connectivity index (χ3n) is 2.41. The maximum Gasteiger partial charge on any atom is 0.0517 e. The van der Waals surface area contributed by atoms with Crippen LogP contribution in [0.1, 0.15) is 5.56 Å². The van der Waals surface area contributed by atoms with Crippen LogP contribution in [0.2, 0.25) is 0 Å². The SMILES string of the molecule is [N-]=[N+]=NCc1ccccc1-c1ccccc1. The minimum Gasteiger partial charge on any atom is -0.0893 e. The third-order valence-corrected chi connectivity index (χ3v) is 2.41. The fraction of sp³-hybridized carbons (Fsp3) is 0.0769. The Morgan fingerprint density at radius 2 is 1.62 bits per heavy atom. The van der Waals surface area contributed by atoms with Gasteiger partial charge in [-0.3, -0.25) is 0 Å². The van der Waals surface area contributed by atoms with Crippen LogP contribution in [0, 0.1) is 0 Å². The van der Waals surface area contributed by atoms with Crippen LogP contribution in [-0.4, -0.2) is 0 Å². The van der Waals surface area contributed by atoms with Gasteiger partial charge in [-0.1, -0.05) is 59.7 Å². The first-order chi connectivity index (χ1) is 7.92. The van der Waals surface area contributed by atoms with Crippen LogP contribution in [-0.2, 0) is 6.54 Å². The predicted molar refractivity (Wildman–Crippen MR) is 64.7 cm³/mol. The summed E-state index contributed by atoms with van der Waals surface area (Å²) in [6.45, 7) is 0.390. The summed E-state index contributed by atoms with van der Waals surface area (Å²) in [6.07, 6.45) is 0. The van der Waals surface area contributed by atoms with E-state index in [1.54, 1.807) is 0 Å². The van der Waals surface area contributed by atoms with E-state index < -0.39 is 0 Å². The highest BCUT2D eigenvalue weighted by molar-refractivity contribution is 5.67. The minimum absolute atomic E-state index is 0.390. The summed E-state index contributed by atoms with van der Waals surface area (Å²) < 4.78 is 0. The van der Waals surface area contributed by atoms with Gasteiger partial charge in [-0.05, 0) is 22.2 Å². The second-order valence-electron chi connectivity index (χ2n) is 3.41. The summed E-state index contributed by atoms with van der Waals surface area (Å²) in [5.41, 5.74) is 11.7. The maximum atomic E-state index is 8.35. The van der Waals surface area contributed by atoms with E-state index in [-0.39, 0.29) is 0 Å². The molecular weight excluding hydrogens is 198 g/mol. The van der Waals surface area contributed by atoms with Crippen LogP contribution >= 0.6 is 0 Å². The molecule has 0 saturated carbocycles. The van der Waals surface area contributed by atoms with Crippen molar-refractivity contribution in [2.75, 3.05) is 0 Å². The number of azide groups is 1. The molecule has 0 radical (unpaired) electrons. The highest BCUT2D eigenvalue weighted by Gasteiger charge is 2.02. The quantitative estimate of drug-likeness (QED) is 0.414. The Balaban J connectivity index is 2.44. The third kappa shape index (κ3) is 2.22. The van der Waals surface area contributed by atoms with Crippen molar-refractivity contribution < 1.29 is 0 Å². The molecule has 0 aromatic heterocycles. The molecule has 0 saturated heterocycles. The Bertz CT molecular complexity index is 514. The molecule has 0 aliphatic carbocycles. The molecule has 0 fully saturated rings. The number of hydrogen-bond donors (Lipinski definition) is 0. The van der Waals surface area contributed by atoms with Gasteiger partial charge >= 0.3 is 0 Å². The van der Waals surface area contributed by atoms with E-state index in [0.29, 0.717) is 6.54 Å². The topological polar surface area (TPSA) is 48.8 Å². The van der Waals surface area contributed by atoms with Gasteiger partial charge in [0.25, 0.3) is 0 Å². The van der Waals surface area contributed by atoms with Crippen molar-refractivity contribution >= 4 is 0 Å². The zero-order chi connectivity index (χ0) is 11.2. The van der Waals surface area contributed by atoms with E-state index in [0.717, 1.165) is 16.7 Å². The van der Waals surface area contributed by atoms with E-state index in [1.165, 1.54) is 0 Å². The van der Waals surface area contributed by atoms with Crippen LogP contribution in [0.25, 0.3) is 21.6 Å². The van der Waals surface area contributed by atoms with Gasteiger partial charge in [0.05, 0.1) is 6.54 Å². The number of rotatable bonds is 3. The van der Waals surface area contributed by atoms with E-state index in [4.69, 9.17) is 5.53 Å². The highest BCUT2D eigenvalue weighted by Crippen LogP contribution is 2.23. The second kappa shape index (κ2) is 5.01. The summed E-state index contributed by atoms with van der Waals surface area (Å²) in [5.74, 6) is 0. The highest BCUT2D eigenvalue weighted by atomic mass is 15.1. The van der Waals surface area contributed by atoms with Gasteiger partial charge in [0, 0.05) is 4.91 Å². The molecular formula is C13H11N3. The van der Waals surface area contributed by atoms with Crippen LogP contribution in [0.15, 0.2) is 59.7 Å². The zero-order valence-corrected chi connectivity index (χ0v) is 8.74. The molecule has 0 bridgehead atoms. The number of nitrogens with zero attached hydrogens (tertiary/aromatic N) is 3. The molecule has 2 aromatic carbocycles. The van der Waals surface area contributed by atoms with Gasteiger partial charge in [0.15, 0.2) is 0 Å². The van der Waals surface area contributed by atoms with Gasteiger partial charge in [0.2, 0.25) is 0 Å². The molecule has 0 atom stereocenters. The zero-order valence-electron chi connectivity index (χ0n) is 8.74. The van der Waals surface area contributed by atoms with Crippen molar-refractivity contribution in [3.05, 3.63) is 70.6 Å². The normalized spacial score (nSPS) is 9.50. The fourth-order valence-electron chi connectivity index (χ4n) is 1.67. The lowest BCUT2D eigenvalue weighted by Crippen LogP contribution is -1.86. The molecule has 0 heterocycles. The largest absolute Gasteiger partial charge is 0.0893 e. The van der Waals surface area contributed by atoms with Crippen molar-refractivity contribution in [3.8, 4) is 11.1 Å². The van der Waals surface area contributed by atoms with E-state index in [9.17, 15) is 0 Å². The molecule has 3 nitrogen and oxygen atoms in total. The molecule has 3 heteroatoms. The van der Waals surface area contributed by atoms with Crippen LogP contribution in [0.3, 0.4) is 0 Å². The maximum absolute atomic E-state index is 8.35. The van der Waals surface area contributed by atoms with Crippen molar-refractivity contribution in [2.45, 2.75) is 6.54 Å². The Hall–Kier alpha value is -2.25. The molecule has 0 amide bonds. The lowest BCUT2D eigenvalue weighted by atomic mass is 10.00. The lowest BCUT2D eigenvalue weighted by Gasteiger charge is -2.06. The smallest absolute Gasteiger partial charge is 0.0517 e. The summed E-state index contributed by atoms with van der Waals surface area (Å²) in [4.78, 5) is 2.79. The van der Waals surface area contributed by atoms with Crippen LogP contribution < -0.4 is 0 Å². The van der Waals surface area contributed by atoms with Crippen LogP contribution in [0.4, 0.5) is 0 Å². The predicted octanol–water partition coefficient (Wildman–Crippen LogP) is 4.16. The molecule has 0 aliphatic rings. The molecule has 0 spiro atoms. The van der Waals surface area contributed by atoms with Gasteiger partial charge in [-0.2, -0.15) is 0 Å². The van der Waals surface area contributed by atoms with E-state index >= 15 is 0 Å². The molecule has 0 N–H and O–H groups in total. The standard InChI is InChI=1S/C13H11N3/c14-16-15-10-12-8-4-5-9-13(12)11-6-2-1-3-7-11/h1-9H,10H2. The Labute approximate surface area is 94.0 Å². The van der Waals surface area contributed by atoms with E-state index in [1.807, 2.05) is 42.5 Å². The van der Waals surface area contributed by atoms with Crippen molar-refractivity contribution in [1.29, 1.82) is 0 Å². The minimum atomic E-state index is 0.390. The Kier molecular flexibility index (Phi) is 3.22.